The molecule has 0 fully saturated rings. The van der Waals surface area contributed by atoms with E-state index in [1.54, 1.807) is 11.3 Å². The van der Waals surface area contributed by atoms with E-state index in [-0.39, 0.29) is 5.11 Å². The Kier molecular flexibility index (Phi) is 7.10. The molecule has 1 heterocycles. The number of hydrogen-bond donors (Lipinski definition) is 3. The number of alkyl halides is 1. The van der Waals surface area contributed by atoms with Gasteiger partial charge >= 0.3 is 0 Å². The van der Waals surface area contributed by atoms with E-state index in [9.17, 15) is 0 Å². The van der Waals surface area contributed by atoms with Gasteiger partial charge in [0.25, 0.3) is 5.11 Å². The highest BCUT2D eigenvalue weighted by molar-refractivity contribution is 7.79. The molecule has 19 heavy (non-hydrogen) atoms. The summed E-state index contributed by atoms with van der Waals surface area (Å²) in [5.41, 5.74) is 6.50. The summed E-state index contributed by atoms with van der Waals surface area (Å²) in [7, 11) is 0. The highest BCUT2D eigenvalue weighted by atomic mass is 35.5. The van der Waals surface area contributed by atoms with Crippen LogP contribution in [-0.2, 0) is 0 Å². The largest absolute Gasteiger partial charge is 0.309 e. The van der Waals surface area contributed by atoms with E-state index in [0.29, 0.717) is 0 Å². The third-order valence-corrected chi connectivity index (χ3v) is 3.05. The average Bonchev–Trinajstić information content (AvgIpc) is 2.95. The Balaban J connectivity index is 0.000000861. The van der Waals surface area contributed by atoms with Crippen molar-refractivity contribution in [3.63, 3.8) is 0 Å². The van der Waals surface area contributed by atoms with E-state index in [0.717, 1.165) is 16.4 Å². The SMILES string of the molecule is CCl.NC(=S)/[NH+]=C(\Nc1ccccc1)c1cccs1. The van der Waals surface area contributed by atoms with Crippen molar-refractivity contribution in [1.29, 1.82) is 0 Å². The molecule has 0 amide bonds. The average molecular weight is 313 g/mol. The summed E-state index contributed by atoms with van der Waals surface area (Å²) in [5.74, 6) is 0.804. The Labute approximate surface area is 127 Å². The number of halogens is 1. The van der Waals surface area contributed by atoms with Crippen LogP contribution in [0.2, 0.25) is 0 Å². The van der Waals surface area contributed by atoms with Crippen molar-refractivity contribution in [2.75, 3.05) is 11.7 Å². The molecule has 100 valence electrons. The third kappa shape index (κ3) is 5.38. The number of nitrogens with one attached hydrogen (secondary N) is 2. The van der Waals surface area contributed by atoms with Crippen LogP contribution >= 0.6 is 35.2 Å². The van der Waals surface area contributed by atoms with Gasteiger partial charge < -0.3 is 5.73 Å². The normalized spacial score (nSPS) is 10.3. The maximum absolute atomic E-state index is 5.52. The fourth-order valence-corrected chi connectivity index (χ4v) is 2.15. The number of benzene rings is 1. The zero-order chi connectivity index (χ0) is 14.1. The van der Waals surface area contributed by atoms with Gasteiger partial charge in [-0.05, 0) is 35.8 Å². The fourth-order valence-electron chi connectivity index (χ4n) is 1.36. The van der Waals surface area contributed by atoms with Crippen molar-refractivity contribution in [3.05, 3.63) is 52.7 Å². The minimum Gasteiger partial charge on any atom is -0.309 e. The molecule has 0 aliphatic carbocycles. The Bertz CT molecular complexity index is 524. The van der Waals surface area contributed by atoms with E-state index in [4.69, 9.17) is 18.0 Å². The van der Waals surface area contributed by atoms with E-state index >= 15 is 0 Å². The molecule has 0 bridgehead atoms. The van der Waals surface area contributed by atoms with Gasteiger partial charge in [-0.3, -0.25) is 5.32 Å². The monoisotopic (exact) mass is 312 g/mol. The predicted molar refractivity (Wildman–Crippen MR) is 88.0 cm³/mol. The van der Waals surface area contributed by atoms with E-state index in [1.807, 2.05) is 47.8 Å². The van der Waals surface area contributed by atoms with Crippen LogP contribution in [0.1, 0.15) is 4.88 Å². The first-order valence-corrected chi connectivity index (χ1v) is 7.47. The molecule has 4 N–H and O–H groups in total. The summed E-state index contributed by atoms with van der Waals surface area (Å²) >= 11 is 11.1. The molecule has 0 saturated carbocycles. The molecule has 1 aromatic heterocycles. The lowest BCUT2D eigenvalue weighted by Crippen LogP contribution is -2.81. The van der Waals surface area contributed by atoms with Crippen molar-refractivity contribution < 1.29 is 4.99 Å². The summed E-state index contributed by atoms with van der Waals surface area (Å²) < 4.78 is 0. The summed E-state index contributed by atoms with van der Waals surface area (Å²) in [5, 5.41) is 5.51. The lowest BCUT2D eigenvalue weighted by Gasteiger charge is -2.02. The molecule has 0 aliphatic heterocycles. The van der Waals surface area contributed by atoms with Crippen LogP contribution < -0.4 is 16.0 Å². The molecule has 1 aromatic carbocycles. The molecule has 0 saturated heterocycles. The number of hydrogen-bond acceptors (Lipinski definition) is 2. The van der Waals surface area contributed by atoms with Gasteiger partial charge in [0.05, 0.1) is 10.6 Å². The minimum absolute atomic E-state index is 0.247. The van der Waals surface area contributed by atoms with Gasteiger partial charge in [-0.2, -0.15) is 0 Å². The second-order valence-corrected chi connectivity index (χ2v) is 4.72. The number of thiophene rings is 1. The third-order valence-electron chi connectivity index (χ3n) is 2.06. The van der Waals surface area contributed by atoms with Crippen LogP contribution in [0.5, 0.6) is 0 Å². The van der Waals surface area contributed by atoms with Crippen LogP contribution in [0.15, 0.2) is 47.8 Å². The summed E-state index contributed by atoms with van der Waals surface area (Å²) in [6, 6.07) is 13.8. The van der Waals surface area contributed by atoms with Gasteiger partial charge in [-0.25, -0.2) is 4.99 Å². The molecular weight excluding hydrogens is 298 g/mol. The van der Waals surface area contributed by atoms with E-state index in [1.165, 1.54) is 6.38 Å². The molecule has 6 heteroatoms. The van der Waals surface area contributed by atoms with Gasteiger partial charge in [0.15, 0.2) is 0 Å². The quantitative estimate of drug-likeness (QED) is 0.343. The zero-order valence-corrected chi connectivity index (χ0v) is 12.8. The van der Waals surface area contributed by atoms with Crippen LogP contribution in [0, 0.1) is 0 Å². The van der Waals surface area contributed by atoms with Crippen molar-refractivity contribution >= 4 is 51.8 Å². The first-order valence-electron chi connectivity index (χ1n) is 5.43. The Morgan fingerprint density at radius 1 is 1.21 bits per heavy atom. The summed E-state index contributed by atoms with van der Waals surface area (Å²) in [6.45, 7) is 0. The Hall–Kier alpha value is -1.43. The van der Waals surface area contributed by atoms with Crippen molar-refractivity contribution in [1.82, 2.24) is 0 Å². The molecule has 0 spiro atoms. The maximum atomic E-state index is 5.52. The van der Waals surface area contributed by atoms with Crippen LogP contribution in [0.3, 0.4) is 0 Å². The summed E-state index contributed by atoms with van der Waals surface area (Å²) in [4.78, 5) is 4.01. The smallest absolute Gasteiger partial charge is 0.285 e. The number of rotatable bonds is 2. The molecule has 0 unspecified atom stereocenters. The first-order chi connectivity index (χ1) is 9.25. The molecular formula is C13H15ClN3S2+. The van der Waals surface area contributed by atoms with Crippen LogP contribution in [0.25, 0.3) is 0 Å². The Morgan fingerprint density at radius 2 is 1.89 bits per heavy atom. The zero-order valence-electron chi connectivity index (χ0n) is 10.4. The van der Waals surface area contributed by atoms with Crippen molar-refractivity contribution in [2.45, 2.75) is 0 Å². The van der Waals surface area contributed by atoms with Gasteiger partial charge in [0, 0.05) is 6.38 Å². The lowest BCUT2D eigenvalue weighted by molar-refractivity contribution is -0.311. The maximum Gasteiger partial charge on any atom is 0.285 e. The fraction of sp³-hybridized carbons (Fsp3) is 0.0769. The number of nitrogens with two attached hydrogens (primary N) is 1. The van der Waals surface area contributed by atoms with E-state index < -0.39 is 0 Å². The van der Waals surface area contributed by atoms with Gasteiger partial charge in [0.2, 0.25) is 5.84 Å². The molecule has 0 radical (unpaired) electrons. The number of thiocarbonyl (C=S) groups is 1. The molecule has 0 aliphatic rings. The van der Waals surface area contributed by atoms with Gasteiger partial charge in [-0.15, -0.1) is 22.9 Å². The molecule has 3 nitrogen and oxygen atoms in total. The predicted octanol–water partition coefficient (Wildman–Crippen LogP) is 1.79. The summed E-state index contributed by atoms with van der Waals surface area (Å²) in [6.07, 6.45) is 1.47. The number of anilines is 1. The van der Waals surface area contributed by atoms with Gasteiger partial charge in [0.1, 0.15) is 0 Å². The second-order valence-electron chi connectivity index (χ2n) is 3.33. The van der Waals surface area contributed by atoms with Crippen LogP contribution in [-0.4, -0.2) is 17.3 Å². The highest BCUT2D eigenvalue weighted by Crippen LogP contribution is 2.11. The Morgan fingerprint density at radius 3 is 2.42 bits per heavy atom. The highest BCUT2D eigenvalue weighted by Gasteiger charge is 2.10. The molecule has 2 aromatic rings. The number of amidine groups is 1. The molecule has 2 rings (SSSR count). The number of para-hydroxylation sites is 1. The lowest BCUT2D eigenvalue weighted by atomic mass is 10.3. The standard InChI is InChI=1S/C12H11N3S2.CH3Cl/c13-12(16)15-11(10-7-4-8-17-10)14-9-5-2-1-3-6-9;1-2/h1-8H,(H3,13,14,15,16);1H3/p+1. The van der Waals surface area contributed by atoms with Crippen molar-refractivity contribution in [2.24, 2.45) is 5.73 Å². The first kappa shape index (κ1) is 15.6. The molecule has 0 atom stereocenters. The second kappa shape index (κ2) is 8.63. The van der Waals surface area contributed by atoms with Crippen LogP contribution in [0.4, 0.5) is 5.69 Å². The topological polar surface area (TPSA) is 52.0 Å². The van der Waals surface area contributed by atoms with Crippen molar-refractivity contribution in [3.8, 4) is 0 Å². The van der Waals surface area contributed by atoms with E-state index in [2.05, 4.69) is 21.9 Å². The minimum atomic E-state index is 0.247. The van der Waals surface area contributed by atoms with Gasteiger partial charge in [-0.1, -0.05) is 24.3 Å².